The quantitative estimate of drug-likeness (QED) is 0.888. The summed E-state index contributed by atoms with van der Waals surface area (Å²) in [5, 5.41) is 12.6. The van der Waals surface area contributed by atoms with Crippen molar-refractivity contribution in [2.24, 2.45) is 5.92 Å². The molecule has 0 bridgehead atoms. The van der Waals surface area contributed by atoms with Crippen molar-refractivity contribution in [2.75, 3.05) is 13.6 Å². The van der Waals surface area contributed by atoms with Crippen molar-refractivity contribution in [2.45, 2.75) is 32.3 Å². The molecule has 1 fully saturated rings. The number of aliphatic hydroxyl groups excluding tert-OH is 1. The molecule has 0 saturated heterocycles. The van der Waals surface area contributed by atoms with Crippen LogP contribution in [0.25, 0.3) is 10.8 Å². The van der Waals surface area contributed by atoms with E-state index in [0.29, 0.717) is 12.5 Å². The fraction of sp³-hybridized carbons (Fsp3) is 0.500. The van der Waals surface area contributed by atoms with Crippen LogP contribution in [0.15, 0.2) is 21.9 Å². The molecule has 1 aliphatic rings. The van der Waals surface area contributed by atoms with Crippen LogP contribution in [0.4, 0.5) is 0 Å². The van der Waals surface area contributed by atoms with Gasteiger partial charge in [-0.25, -0.2) is 4.98 Å². The summed E-state index contributed by atoms with van der Waals surface area (Å²) in [4.78, 5) is 18.3. The summed E-state index contributed by atoms with van der Waals surface area (Å²) >= 11 is 1.47. The van der Waals surface area contributed by atoms with Crippen molar-refractivity contribution < 1.29 is 14.3 Å². The van der Waals surface area contributed by atoms with Crippen LogP contribution in [-0.4, -0.2) is 40.6 Å². The molecule has 1 N–H and O–H groups in total. The van der Waals surface area contributed by atoms with Gasteiger partial charge in [-0.15, -0.1) is 11.3 Å². The molecule has 1 amide bonds. The number of hydrogen-bond acceptors (Lipinski definition) is 5. The highest BCUT2D eigenvalue weighted by molar-refractivity contribution is 7.13. The Morgan fingerprint density at radius 3 is 2.95 bits per heavy atom. The van der Waals surface area contributed by atoms with E-state index < -0.39 is 6.10 Å². The van der Waals surface area contributed by atoms with E-state index in [1.165, 1.54) is 11.3 Å². The van der Waals surface area contributed by atoms with Gasteiger partial charge in [0.25, 0.3) is 0 Å². The fourth-order valence-corrected chi connectivity index (χ4v) is 3.13. The van der Waals surface area contributed by atoms with E-state index in [4.69, 9.17) is 4.42 Å². The molecule has 1 atom stereocenters. The zero-order valence-electron chi connectivity index (χ0n) is 12.8. The maximum absolute atomic E-state index is 12.2. The Hall–Kier alpha value is -1.66. The van der Waals surface area contributed by atoms with Gasteiger partial charge in [-0.2, -0.15) is 0 Å². The van der Waals surface area contributed by atoms with Crippen LogP contribution >= 0.6 is 11.3 Å². The number of rotatable bonds is 6. The van der Waals surface area contributed by atoms with Gasteiger partial charge in [0.05, 0.1) is 18.2 Å². The molecule has 2 aromatic heterocycles. The minimum atomic E-state index is -0.397. The SMILES string of the molecule is Cc1ccc(-c2nc(CC(=O)N(C)CC(O)C3CC3)cs2)o1. The minimum absolute atomic E-state index is 0.0211. The Morgan fingerprint density at radius 2 is 2.32 bits per heavy atom. The van der Waals surface area contributed by atoms with Gasteiger partial charge in [0.15, 0.2) is 10.8 Å². The van der Waals surface area contributed by atoms with Crippen LogP contribution in [0.3, 0.4) is 0 Å². The van der Waals surface area contributed by atoms with E-state index in [0.717, 1.165) is 35.1 Å². The van der Waals surface area contributed by atoms with Crippen molar-refractivity contribution >= 4 is 17.2 Å². The Bertz CT molecular complexity index is 660. The standard InChI is InChI=1S/C16H20N2O3S/c1-10-3-6-14(21-10)16-17-12(9-22-16)7-15(20)18(2)8-13(19)11-4-5-11/h3,6,9,11,13,19H,4-5,7-8H2,1-2H3. The van der Waals surface area contributed by atoms with Crippen molar-refractivity contribution in [1.82, 2.24) is 9.88 Å². The smallest absolute Gasteiger partial charge is 0.228 e. The third-order valence-corrected chi connectivity index (χ3v) is 4.79. The molecule has 6 heteroatoms. The molecule has 2 heterocycles. The highest BCUT2D eigenvalue weighted by Gasteiger charge is 2.31. The Labute approximate surface area is 133 Å². The average Bonchev–Trinajstić information content (AvgIpc) is 3.09. The largest absolute Gasteiger partial charge is 0.459 e. The molecule has 1 aliphatic carbocycles. The number of likely N-dealkylation sites (N-methyl/N-ethyl adjacent to an activating group) is 1. The predicted molar refractivity (Wildman–Crippen MR) is 84.6 cm³/mol. The summed E-state index contributed by atoms with van der Waals surface area (Å²) in [6.45, 7) is 2.29. The Kier molecular flexibility index (Phi) is 4.31. The van der Waals surface area contributed by atoms with Gasteiger partial charge < -0.3 is 14.4 Å². The number of thiazole rings is 1. The van der Waals surface area contributed by atoms with E-state index in [2.05, 4.69) is 4.98 Å². The fourth-order valence-electron chi connectivity index (χ4n) is 2.35. The third kappa shape index (κ3) is 3.56. The number of amides is 1. The molecule has 0 radical (unpaired) electrons. The van der Waals surface area contributed by atoms with Gasteiger partial charge in [-0.3, -0.25) is 4.79 Å². The average molecular weight is 320 g/mol. The predicted octanol–water partition coefficient (Wildman–Crippen LogP) is 2.48. The number of carbonyl (C=O) groups is 1. The first-order chi connectivity index (χ1) is 10.5. The second-order valence-electron chi connectivity index (χ2n) is 5.91. The van der Waals surface area contributed by atoms with Gasteiger partial charge in [-0.1, -0.05) is 0 Å². The van der Waals surface area contributed by atoms with Gasteiger partial charge in [0.2, 0.25) is 5.91 Å². The first kappa shape index (κ1) is 15.2. The second-order valence-corrected chi connectivity index (χ2v) is 6.77. The summed E-state index contributed by atoms with van der Waals surface area (Å²) in [5.41, 5.74) is 0.742. The topological polar surface area (TPSA) is 66.6 Å². The minimum Gasteiger partial charge on any atom is -0.459 e. The highest BCUT2D eigenvalue weighted by atomic mass is 32.1. The maximum Gasteiger partial charge on any atom is 0.228 e. The van der Waals surface area contributed by atoms with Crippen molar-refractivity contribution in [3.8, 4) is 10.8 Å². The molecule has 118 valence electrons. The van der Waals surface area contributed by atoms with Crippen LogP contribution in [0.2, 0.25) is 0 Å². The zero-order chi connectivity index (χ0) is 15.7. The first-order valence-electron chi connectivity index (χ1n) is 7.46. The van der Waals surface area contributed by atoms with Crippen LogP contribution in [-0.2, 0) is 11.2 Å². The van der Waals surface area contributed by atoms with Crippen LogP contribution < -0.4 is 0 Å². The molecular formula is C16H20N2O3S. The lowest BCUT2D eigenvalue weighted by atomic mass is 10.2. The number of aliphatic hydroxyl groups is 1. The molecule has 0 aliphatic heterocycles. The maximum atomic E-state index is 12.2. The number of carbonyl (C=O) groups excluding carboxylic acids is 1. The molecule has 3 rings (SSSR count). The lowest BCUT2D eigenvalue weighted by molar-refractivity contribution is -0.130. The van der Waals surface area contributed by atoms with E-state index in [1.54, 1.807) is 11.9 Å². The van der Waals surface area contributed by atoms with Crippen LogP contribution in [0.5, 0.6) is 0 Å². The summed E-state index contributed by atoms with van der Waals surface area (Å²) in [7, 11) is 1.73. The summed E-state index contributed by atoms with van der Waals surface area (Å²) in [5.74, 6) is 1.94. The molecule has 0 spiro atoms. The summed E-state index contributed by atoms with van der Waals surface area (Å²) < 4.78 is 5.54. The Morgan fingerprint density at radius 1 is 1.55 bits per heavy atom. The normalized spacial score (nSPS) is 15.8. The summed E-state index contributed by atoms with van der Waals surface area (Å²) in [6, 6.07) is 3.78. The molecule has 5 nitrogen and oxygen atoms in total. The Balaban J connectivity index is 1.58. The van der Waals surface area contributed by atoms with Gasteiger partial charge in [0, 0.05) is 19.0 Å². The van der Waals surface area contributed by atoms with Crippen LogP contribution in [0.1, 0.15) is 24.3 Å². The van der Waals surface area contributed by atoms with Gasteiger partial charge in [-0.05, 0) is 37.8 Å². The lowest BCUT2D eigenvalue weighted by Crippen LogP contribution is -2.36. The van der Waals surface area contributed by atoms with Crippen molar-refractivity contribution in [3.63, 3.8) is 0 Å². The number of hydrogen-bond donors (Lipinski definition) is 1. The molecule has 1 unspecified atom stereocenters. The summed E-state index contributed by atoms with van der Waals surface area (Å²) in [6.07, 6.45) is 2.00. The number of aromatic nitrogens is 1. The second kappa shape index (κ2) is 6.22. The number of furan rings is 1. The van der Waals surface area contributed by atoms with Crippen molar-refractivity contribution in [3.05, 3.63) is 29.0 Å². The van der Waals surface area contributed by atoms with E-state index in [1.807, 2.05) is 24.4 Å². The molecule has 2 aromatic rings. The molecule has 0 aromatic carbocycles. The van der Waals surface area contributed by atoms with Gasteiger partial charge >= 0.3 is 0 Å². The van der Waals surface area contributed by atoms with Crippen LogP contribution in [0, 0.1) is 12.8 Å². The van der Waals surface area contributed by atoms with E-state index in [9.17, 15) is 9.90 Å². The first-order valence-corrected chi connectivity index (χ1v) is 8.34. The number of aryl methyl sites for hydroxylation is 1. The molecule has 22 heavy (non-hydrogen) atoms. The van der Waals surface area contributed by atoms with E-state index >= 15 is 0 Å². The molecule has 1 saturated carbocycles. The number of nitrogens with zero attached hydrogens (tertiary/aromatic N) is 2. The van der Waals surface area contributed by atoms with Crippen molar-refractivity contribution in [1.29, 1.82) is 0 Å². The van der Waals surface area contributed by atoms with E-state index in [-0.39, 0.29) is 12.3 Å². The third-order valence-electron chi connectivity index (χ3n) is 3.89. The molecular weight excluding hydrogens is 300 g/mol. The monoisotopic (exact) mass is 320 g/mol. The highest BCUT2D eigenvalue weighted by Crippen LogP contribution is 2.32. The zero-order valence-corrected chi connectivity index (χ0v) is 13.6. The lowest BCUT2D eigenvalue weighted by Gasteiger charge is -2.20. The van der Waals surface area contributed by atoms with Gasteiger partial charge in [0.1, 0.15) is 5.76 Å².